The number of carbonyl (C=O) groups excluding carboxylic acids is 1. The number of benzene rings is 3. The highest BCUT2D eigenvalue weighted by atomic mass is 16.2. The molecular formula is C28H29N3O. The van der Waals surface area contributed by atoms with Gasteiger partial charge in [-0.3, -0.25) is 4.79 Å². The second kappa shape index (κ2) is 9.65. The number of aryl methyl sites for hydroxylation is 1. The van der Waals surface area contributed by atoms with Crippen molar-refractivity contribution in [3.05, 3.63) is 102 Å². The highest BCUT2D eigenvalue weighted by Gasteiger charge is 2.25. The van der Waals surface area contributed by atoms with Crippen LogP contribution in [0.5, 0.6) is 0 Å². The zero-order chi connectivity index (χ0) is 22.5. The molecule has 4 aromatic rings. The van der Waals surface area contributed by atoms with Crippen molar-refractivity contribution in [1.29, 1.82) is 0 Å². The van der Waals surface area contributed by atoms with Crippen molar-refractivity contribution in [1.82, 2.24) is 14.9 Å². The van der Waals surface area contributed by atoms with Gasteiger partial charge in [-0.05, 0) is 18.9 Å². The summed E-state index contributed by atoms with van der Waals surface area (Å²) >= 11 is 0. The Morgan fingerprint density at radius 1 is 0.906 bits per heavy atom. The van der Waals surface area contributed by atoms with Crippen LogP contribution in [0.1, 0.15) is 47.4 Å². The summed E-state index contributed by atoms with van der Waals surface area (Å²) in [5, 5.41) is 3.28. The van der Waals surface area contributed by atoms with Crippen molar-refractivity contribution in [2.75, 3.05) is 0 Å². The van der Waals surface area contributed by atoms with Crippen LogP contribution in [0, 0.1) is 6.92 Å². The Balaban J connectivity index is 1.78. The fraction of sp³-hybridized carbons (Fsp3) is 0.214. The van der Waals surface area contributed by atoms with Gasteiger partial charge < -0.3 is 9.88 Å². The Bertz CT molecular complexity index is 1180. The van der Waals surface area contributed by atoms with E-state index in [-0.39, 0.29) is 11.9 Å². The van der Waals surface area contributed by atoms with Crippen LogP contribution >= 0.6 is 0 Å². The summed E-state index contributed by atoms with van der Waals surface area (Å²) in [5.74, 6) is 0.665. The first-order valence-electron chi connectivity index (χ1n) is 11.1. The lowest BCUT2D eigenvalue weighted by Crippen LogP contribution is -2.30. The Morgan fingerprint density at radius 2 is 1.53 bits per heavy atom. The van der Waals surface area contributed by atoms with Crippen molar-refractivity contribution in [3.63, 3.8) is 0 Å². The predicted molar refractivity (Wildman–Crippen MR) is 130 cm³/mol. The highest BCUT2D eigenvalue weighted by molar-refractivity contribution is 5.99. The van der Waals surface area contributed by atoms with Gasteiger partial charge in [0.05, 0.1) is 6.04 Å². The summed E-state index contributed by atoms with van der Waals surface area (Å²) in [6.07, 6.45) is 1.85. The molecule has 0 radical (unpaired) electrons. The number of aromatic nitrogens is 2. The molecule has 1 atom stereocenters. The van der Waals surface area contributed by atoms with Gasteiger partial charge in [0, 0.05) is 18.2 Å². The molecule has 0 bridgehead atoms. The van der Waals surface area contributed by atoms with E-state index >= 15 is 0 Å². The summed E-state index contributed by atoms with van der Waals surface area (Å²) < 4.78 is 1.91. The van der Waals surface area contributed by atoms with Crippen LogP contribution in [0.4, 0.5) is 0 Å². The highest BCUT2D eigenvalue weighted by Crippen LogP contribution is 2.30. The first-order chi connectivity index (χ1) is 15.6. The molecule has 1 unspecified atom stereocenters. The molecule has 0 aliphatic carbocycles. The molecule has 162 valence electrons. The van der Waals surface area contributed by atoms with Crippen LogP contribution in [-0.4, -0.2) is 15.5 Å². The molecule has 0 saturated heterocycles. The van der Waals surface area contributed by atoms with E-state index in [1.165, 1.54) is 5.56 Å². The molecule has 0 aliphatic heterocycles. The predicted octanol–water partition coefficient (Wildman–Crippen LogP) is 6.33. The standard InChI is InChI=1S/C28H29N3O/c1-4-11-24(21-12-7-5-8-13-21)29-28(32)26-25(22-18-16-20(2)17-19-22)30-27(31(26)3)23-14-9-6-10-15-23/h5-10,12-19,24H,4,11H2,1-3H3,(H,29,32). The fourth-order valence-electron chi connectivity index (χ4n) is 4.04. The number of hydrogen-bond acceptors (Lipinski definition) is 2. The lowest BCUT2D eigenvalue weighted by Gasteiger charge is -2.19. The smallest absolute Gasteiger partial charge is 0.270 e. The largest absolute Gasteiger partial charge is 0.344 e. The SMILES string of the molecule is CCCC(NC(=O)c1c(-c2ccc(C)cc2)nc(-c2ccccc2)n1C)c1ccccc1. The molecular weight excluding hydrogens is 394 g/mol. The molecule has 0 spiro atoms. The maximum Gasteiger partial charge on any atom is 0.270 e. The summed E-state index contributed by atoms with van der Waals surface area (Å²) in [4.78, 5) is 18.6. The third-order valence-corrected chi connectivity index (χ3v) is 5.75. The minimum atomic E-state index is -0.111. The molecule has 1 aromatic heterocycles. The summed E-state index contributed by atoms with van der Waals surface area (Å²) in [6.45, 7) is 4.19. The van der Waals surface area contributed by atoms with Gasteiger partial charge in [0.15, 0.2) is 0 Å². The molecule has 4 nitrogen and oxygen atoms in total. The van der Waals surface area contributed by atoms with Crippen LogP contribution in [0.3, 0.4) is 0 Å². The molecule has 1 heterocycles. The Labute approximate surface area is 190 Å². The third-order valence-electron chi connectivity index (χ3n) is 5.75. The van der Waals surface area contributed by atoms with Crippen LogP contribution in [0.15, 0.2) is 84.9 Å². The summed E-state index contributed by atoms with van der Waals surface area (Å²) in [5.41, 5.74) is 5.48. The Morgan fingerprint density at radius 3 is 2.16 bits per heavy atom. The van der Waals surface area contributed by atoms with E-state index in [4.69, 9.17) is 4.98 Å². The fourth-order valence-corrected chi connectivity index (χ4v) is 4.04. The van der Waals surface area contributed by atoms with E-state index in [0.29, 0.717) is 11.4 Å². The molecule has 1 amide bonds. The monoisotopic (exact) mass is 423 g/mol. The van der Waals surface area contributed by atoms with Gasteiger partial charge in [0.1, 0.15) is 17.2 Å². The molecule has 4 rings (SSSR count). The average Bonchev–Trinajstić information content (AvgIpc) is 3.17. The van der Waals surface area contributed by atoms with E-state index < -0.39 is 0 Å². The van der Waals surface area contributed by atoms with Crippen LogP contribution in [0.2, 0.25) is 0 Å². The van der Waals surface area contributed by atoms with E-state index in [9.17, 15) is 4.79 Å². The normalized spacial score (nSPS) is 11.8. The van der Waals surface area contributed by atoms with Gasteiger partial charge in [-0.1, -0.05) is 104 Å². The Kier molecular flexibility index (Phi) is 6.50. The quantitative estimate of drug-likeness (QED) is 0.377. The molecule has 3 aromatic carbocycles. The number of rotatable bonds is 7. The molecule has 32 heavy (non-hydrogen) atoms. The maximum absolute atomic E-state index is 13.7. The first-order valence-corrected chi connectivity index (χ1v) is 11.1. The van der Waals surface area contributed by atoms with Crippen LogP contribution < -0.4 is 5.32 Å². The van der Waals surface area contributed by atoms with Gasteiger partial charge in [-0.25, -0.2) is 4.98 Å². The van der Waals surface area contributed by atoms with Gasteiger partial charge in [0.25, 0.3) is 5.91 Å². The van der Waals surface area contributed by atoms with E-state index in [2.05, 4.69) is 43.4 Å². The number of carbonyl (C=O) groups is 1. The van der Waals surface area contributed by atoms with E-state index in [1.807, 2.05) is 72.3 Å². The van der Waals surface area contributed by atoms with Crippen molar-refractivity contribution in [2.45, 2.75) is 32.7 Å². The van der Waals surface area contributed by atoms with Crippen molar-refractivity contribution >= 4 is 5.91 Å². The number of nitrogens with one attached hydrogen (secondary N) is 1. The third kappa shape index (κ3) is 4.50. The van der Waals surface area contributed by atoms with Crippen molar-refractivity contribution in [3.8, 4) is 22.6 Å². The van der Waals surface area contributed by atoms with E-state index in [1.54, 1.807) is 0 Å². The molecule has 1 N–H and O–H groups in total. The maximum atomic E-state index is 13.7. The lowest BCUT2D eigenvalue weighted by molar-refractivity contribution is 0.0927. The minimum absolute atomic E-state index is 0.0466. The summed E-state index contributed by atoms with van der Waals surface area (Å²) in [7, 11) is 1.92. The topological polar surface area (TPSA) is 46.9 Å². The zero-order valence-corrected chi connectivity index (χ0v) is 18.9. The molecule has 0 aliphatic rings. The number of imidazole rings is 1. The molecule has 0 saturated carbocycles. The lowest BCUT2D eigenvalue weighted by atomic mass is 10.0. The van der Waals surface area contributed by atoms with Crippen LogP contribution in [0.25, 0.3) is 22.6 Å². The zero-order valence-electron chi connectivity index (χ0n) is 18.9. The van der Waals surface area contributed by atoms with Gasteiger partial charge in [-0.2, -0.15) is 0 Å². The molecule has 4 heteroatoms. The van der Waals surface area contributed by atoms with Crippen LogP contribution in [-0.2, 0) is 7.05 Å². The van der Waals surface area contributed by atoms with Gasteiger partial charge >= 0.3 is 0 Å². The Hall–Kier alpha value is -3.66. The second-order valence-corrected chi connectivity index (χ2v) is 8.15. The number of hydrogen-bond donors (Lipinski definition) is 1. The van der Waals surface area contributed by atoms with Gasteiger partial charge in [0.2, 0.25) is 0 Å². The average molecular weight is 424 g/mol. The number of nitrogens with zero attached hydrogens (tertiary/aromatic N) is 2. The molecule has 0 fully saturated rings. The number of amides is 1. The van der Waals surface area contributed by atoms with Gasteiger partial charge in [-0.15, -0.1) is 0 Å². The first kappa shape index (κ1) is 21.6. The minimum Gasteiger partial charge on any atom is -0.344 e. The van der Waals surface area contributed by atoms with Crippen molar-refractivity contribution in [2.24, 2.45) is 7.05 Å². The van der Waals surface area contributed by atoms with E-state index in [0.717, 1.165) is 35.4 Å². The second-order valence-electron chi connectivity index (χ2n) is 8.15. The van der Waals surface area contributed by atoms with Crippen molar-refractivity contribution < 1.29 is 4.79 Å². The summed E-state index contributed by atoms with van der Waals surface area (Å²) in [6, 6.07) is 28.3.